The molecule has 5 rings (SSSR count). The molecule has 0 aromatic heterocycles. The number of fused-ring (bicyclic) bond motifs is 1. The minimum atomic E-state index is -0.548. The lowest BCUT2D eigenvalue weighted by atomic mass is 9.61. The van der Waals surface area contributed by atoms with Crippen LogP contribution in [0.25, 0.3) is 11.1 Å². The monoisotopic (exact) mass is 711 g/mol. The van der Waals surface area contributed by atoms with Gasteiger partial charge in [0.25, 0.3) is 0 Å². The van der Waals surface area contributed by atoms with Gasteiger partial charge in [-0.25, -0.2) is 0 Å². The number of hydrogen-bond donors (Lipinski definition) is 0. The first-order valence-electron chi connectivity index (χ1n) is 19.8. The van der Waals surface area contributed by atoms with Crippen molar-refractivity contribution in [2.24, 2.45) is 16.2 Å². The van der Waals surface area contributed by atoms with Crippen molar-refractivity contribution in [2.75, 3.05) is 31.1 Å². The van der Waals surface area contributed by atoms with Crippen molar-refractivity contribution in [1.82, 2.24) is 0 Å². The second-order valence-corrected chi connectivity index (χ2v) is 17.2. The number of carbonyl (C=O) groups excluding carboxylic acids is 1. The Labute approximate surface area is 320 Å². The van der Waals surface area contributed by atoms with E-state index in [1.807, 2.05) is 0 Å². The Morgan fingerprint density at radius 1 is 0.698 bits per heavy atom. The molecule has 0 saturated heterocycles. The van der Waals surface area contributed by atoms with Crippen molar-refractivity contribution in [3.8, 4) is 0 Å². The van der Waals surface area contributed by atoms with Crippen LogP contribution in [-0.2, 0) is 9.53 Å². The molecule has 0 saturated carbocycles. The Hall–Kier alpha value is -4.44. The molecule has 0 spiro atoms. The highest BCUT2D eigenvalue weighted by Gasteiger charge is 2.47. The van der Waals surface area contributed by atoms with Gasteiger partial charge in [-0.05, 0) is 99.2 Å². The molecular weight excluding hydrogens is 649 g/mol. The summed E-state index contributed by atoms with van der Waals surface area (Å²) in [4.78, 5) is 16.0. The van der Waals surface area contributed by atoms with Gasteiger partial charge >= 0.3 is 5.97 Å². The average molecular weight is 712 g/mol. The van der Waals surface area contributed by atoms with Crippen molar-refractivity contribution in [1.29, 1.82) is 0 Å². The van der Waals surface area contributed by atoms with Crippen molar-refractivity contribution >= 4 is 34.2 Å². The Balaban J connectivity index is 1.50. The van der Waals surface area contributed by atoms with E-state index in [1.54, 1.807) is 0 Å². The number of rotatable bonds is 14. The molecule has 1 heterocycles. The van der Waals surface area contributed by atoms with Crippen LogP contribution in [0.1, 0.15) is 116 Å². The normalized spacial score (nSPS) is 15.2. The predicted molar refractivity (Wildman–Crippen MR) is 225 cm³/mol. The SMILES string of the molecule is CCN(CC)c1ccc(C(=C2C(c3ccccc3)=[N+](CCCCCOC(=O)C(C)(CC(C)(C)C)C(C)(C)C)c3ccccc32)c2ccc(C)cc2)cc1. The van der Waals surface area contributed by atoms with Crippen LogP contribution in [0.15, 0.2) is 103 Å². The van der Waals surface area contributed by atoms with E-state index in [0.717, 1.165) is 45.3 Å². The Morgan fingerprint density at radius 3 is 1.87 bits per heavy atom. The number of esters is 1. The molecule has 4 heteroatoms. The molecule has 0 bridgehead atoms. The number of nitrogens with zero attached hydrogens (tertiary/aromatic N) is 2. The summed E-state index contributed by atoms with van der Waals surface area (Å²) < 4.78 is 8.55. The molecule has 0 N–H and O–H groups in total. The molecule has 0 fully saturated rings. The maximum atomic E-state index is 13.6. The lowest BCUT2D eigenvalue weighted by molar-refractivity contribution is -0.437. The van der Waals surface area contributed by atoms with Gasteiger partial charge in [-0.2, -0.15) is 4.58 Å². The first kappa shape index (κ1) is 39.8. The van der Waals surface area contributed by atoms with E-state index in [0.29, 0.717) is 6.61 Å². The van der Waals surface area contributed by atoms with Crippen molar-refractivity contribution < 1.29 is 14.1 Å². The molecule has 4 aromatic carbocycles. The number of anilines is 1. The number of aryl methyl sites for hydroxylation is 1. The van der Waals surface area contributed by atoms with Crippen LogP contribution in [0.2, 0.25) is 0 Å². The minimum Gasteiger partial charge on any atom is -0.465 e. The summed E-state index contributed by atoms with van der Waals surface area (Å²) in [7, 11) is 0. The van der Waals surface area contributed by atoms with Gasteiger partial charge in [0, 0.05) is 42.4 Å². The lowest BCUT2D eigenvalue weighted by Crippen LogP contribution is -2.44. The van der Waals surface area contributed by atoms with E-state index >= 15 is 0 Å². The molecule has 53 heavy (non-hydrogen) atoms. The lowest BCUT2D eigenvalue weighted by Gasteiger charge is -2.43. The van der Waals surface area contributed by atoms with Gasteiger partial charge in [0.05, 0.1) is 23.2 Å². The van der Waals surface area contributed by atoms with Gasteiger partial charge in [0.2, 0.25) is 11.4 Å². The van der Waals surface area contributed by atoms with E-state index in [9.17, 15) is 4.79 Å². The number of hydrogen-bond acceptors (Lipinski definition) is 3. The molecule has 4 aromatic rings. The standard InChI is InChI=1S/C49H63N2O2/c1-11-50(12-2)40-31-29-38(30-32-40)43(37-27-25-36(3)26-28-37)44-41-23-17-18-24-42(41)51(45(44)39-21-15-13-16-22-39)33-19-14-20-34-53-46(52)49(10,48(7,8)9)35-47(4,5)6/h13,15-18,21-32H,11-12,14,19-20,33-35H2,1-10H3/q+1. The first-order chi connectivity index (χ1) is 25.2. The maximum Gasteiger partial charge on any atom is 0.312 e. The van der Waals surface area contributed by atoms with E-state index in [-0.39, 0.29) is 16.8 Å². The van der Waals surface area contributed by atoms with Crippen LogP contribution in [0, 0.1) is 23.2 Å². The minimum absolute atomic E-state index is 0.0292. The Morgan fingerprint density at radius 2 is 1.28 bits per heavy atom. The number of unbranched alkanes of at least 4 members (excludes halogenated alkanes) is 2. The summed E-state index contributed by atoms with van der Waals surface area (Å²) in [6, 6.07) is 37.9. The van der Waals surface area contributed by atoms with Gasteiger partial charge < -0.3 is 9.64 Å². The fourth-order valence-electron chi connectivity index (χ4n) is 7.87. The van der Waals surface area contributed by atoms with E-state index in [2.05, 4.69) is 182 Å². The highest BCUT2D eigenvalue weighted by molar-refractivity contribution is 6.38. The van der Waals surface area contributed by atoms with Crippen molar-refractivity contribution in [3.05, 3.63) is 131 Å². The summed E-state index contributed by atoms with van der Waals surface area (Å²) >= 11 is 0. The summed E-state index contributed by atoms with van der Waals surface area (Å²) in [5.41, 5.74) is 11.6. The second kappa shape index (κ2) is 16.7. The van der Waals surface area contributed by atoms with Gasteiger partial charge in [0.15, 0.2) is 0 Å². The third-order valence-electron chi connectivity index (χ3n) is 11.1. The summed E-state index contributed by atoms with van der Waals surface area (Å²) in [5, 5.41) is 0. The first-order valence-corrected chi connectivity index (χ1v) is 19.8. The van der Waals surface area contributed by atoms with Gasteiger partial charge in [0.1, 0.15) is 6.54 Å². The molecule has 1 unspecified atom stereocenters. The third-order valence-corrected chi connectivity index (χ3v) is 11.1. The Kier molecular flexibility index (Phi) is 12.5. The summed E-state index contributed by atoms with van der Waals surface area (Å²) in [6.45, 7) is 25.0. The summed E-state index contributed by atoms with van der Waals surface area (Å²) in [6.07, 6.45) is 3.58. The van der Waals surface area contributed by atoms with Crippen LogP contribution in [0.3, 0.4) is 0 Å². The fraction of sp³-hybridized carbons (Fsp3) is 0.429. The van der Waals surface area contributed by atoms with Gasteiger partial charge in [-0.3, -0.25) is 4.79 Å². The molecule has 280 valence electrons. The zero-order chi connectivity index (χ0) is 38.4. The van der Waals surface area contributed by atoms with Crippen LogP contribution >= 0.6 is 0 Å². The van der Waals surface area contributed by atoms with Crippen molar-refractivity contribution in [3.63, 3.8) is 0 Å². The average Bonchev–Trinajstić information content (AvgIpc) is 3.44. The number of para-hydroxylation sites is 1. The maximum absolute atomic E-state index is 13.6. The number of benzene rings is 4. The third kappa shape index (κ3) is 9.03. The van der Waals surface area contributed by atoms with Crippen LogP contribution in [0.5, 0.6) is 0 Å². The predicted octanol–water partition coefficient (Wildman–Crippen LogP) is 12.1. The molecule has 4 nitrogen and oxygen atoms in total. The molecule has 0 radical (unpaired) electrons. The molecular formula is C49H63N2O2+. The van der Waals surface area contributed by atoms with Crippen LogP contribution in [-0.4, -0.2) is 42.5 Å². The molecule has 1 atom stereocenters. The fourth-order valence-corrected chi connectivity index (χ4v) is 7.87. The zero-order valence-electron chi connectivity index (χ0n) is 34.2. The van der Waals surface area contributed by atoms with Gasteiger partial charge in [-0.15, -0.1) is 0 Å². The molecule has 1 aliphatic heterocycles. The highest BCUT2D eigenvalue weighted by atomic mass is 16.5. The van der Waals surface area contributed by atoms with E-state index < -0.39 is 5.41 Å². The quantitative estimate of drug-likeness (QED) is 0.0741. The topological polar surface area (TPSA) is 32.5 Å². The van der Waals surface area contributed by atoms with E-state index in [4.69, 9.17) is 4.74 Å². The van der Waals surface area contributed by atoms with Crippen molar-refractivity contribution in [2.45, 2.75) is 94.9 Å². The molecule has 0 aliphatic carbocycles. The van der Waals surface area contributed by atoms with Crippen LogP contribution in [0.4, 0.5) is 11.4 Å². The second-order valence-electron chi connectivity index (χ2n) is 17.2. The number of allylic oxidation sites excluding steroid dienone is 1. The zero-order valence-corrected chi connectivity index (χ0v) is 34.2. The largest absolute Gasteiger partial charge is 0.465 e. The Bertz CT molecular complexity index is 1900. The molecule has 0 amide bonds. The number of ether oxygens (including phenoxy) is 1. The van der Waals surface area contributed by atoms with Crippen LogP contribution < -0.4 is 4.90 Å². The number of carbonyl (C=O) groups is 1. The van der Waals surface area contributed by atoms with E-state index in [1.165, 1.54) is 56.0 Å². The summed E-state index contributed by atoms with van der Waals surface area (Å²) in [5.74, 6) is -0.0726. The molecule has 1 aliphatic rings. The van der Waals surface area contributed by atoms with Gasteiger partial charge in [-0.1, -0.05) is 114 Å². The highest BCUT2D eigenvalue weighted by Crippen LogP contribution is 2.48. The smallest absolute Gasteiger partial charge is 0.312 e.